The van der Waals surface area contributed by atoms with Gasteiger partial charge in [-0.25, -0.2) is 0 Å². The van der Waals surface area contributed by atoms with Crippen LogP contribution in [0.5, 0.6) is 0 Å². The van der Waals surface area contributed by atoms with Crippen molar-refractivity contribution in [2.24, 2.45) is 0 Å². The highest BCUT2D eigenvalue weighted by Crippen LogP contribution is 2.37. The van der Waals surface area contributed by atoms with Crippen molar-refractivity contribution in [2.45, 2.75) is 10.4 Å². The topological polar surface area (TPSA) is 0 Å². The zero-order valence-corrected chi connectivity index (χ0v) is 7.22. The van der Waals surface area contributed by atoms with Gasteiger partial charge in [0, 0.05) is 9.92 Å². The number of thioether (sulfide) groups is 1. The first-order chi connectivity index (χ1) is 5.47. The lowest BCUT2D eigenvalue weighted by Crippen LogP contribution is -1.98. The number of hydrogen-bond donors (Lipinski definition) is 0. The smallest absolute Gasteiger partial charge is 0.160 e. The average molecular weight is 212 g/mol. The molecule has 1 aromatic carbocycles. The zero-order chi connectivity index (χ0) is 9.19. The summed E-state index contributed by atoms with van der Waals surface area (Å²) in [5.41, 5.74) is -4.27. The SMILES string of the molecule is FC(F)(F)Sc1c[c]cc(Cl)c1. The van der Waals surface area contributed by atoms with E-state index >= 15 is 0 Å². The molecule has 1 aromatic rings. The minimum atomic E-state index is -4.27. The van der Waals surface area contributed by atoms with Gasteiger partial charge in [-0.15, -0.1) is 0 Å². The van der Waals surface area contributed by atoms with Crippen LogP contribution in [0.3, 0.4) is 0 Å². The molecule has 1 radical (unpaired) electrons. The highest BCUT2D eigenvalue weighted by Gasteiger charge is 2.29. The number of halogens is 4. The summed E-state index contributed by atoms with van der Waals surface area (Å²) < 4.78 is 35.3. The highest BCUT2D eigenvalue weighted by atomic mass is 35.5. The van der Waals surface area contributed by atoms with Gasteiger partial charge >= 0.3 is 5.51 Å². The maximum absolute atomic E-state index is 11.8. The molecule has 12 heavy (non-hydrogen) atoms. The zero-order valence-electron chi connectivity index (χ0n) is 5.65. The fourth-order valence-corrected chi connectivity index (χ4v) is 1.44. The van der Waals surface area contributed by atoms with Crippen molar-refractivity contribution in [3.8, 4) is 0 Å². The third-order valence-corrected chi connectivity index (χ3v) is 1.88. The standard InChI is InChI=1S/C7H3ClF3S/c8-5-2-1-3-6(4-5)12-7(9,10)11/h2-4H. The number of hydrogen-bond acceptors (Lipinski definition) is 1. The van der Waals surface area contributed by atoms with Crippen LogP contribution >= 0.6 is 23.4 Å². The van der Waals surface area contributed by atoms with Crippen LogP contribution < -0.4 is 0 Å². The van der Waals surface area contributed by atoms with Gasteiger partial charge in [0.25, 0.3) is 0 Å². The Bertz CT molecular complexity index is 272. The molecule has 0 aliphatic rings. The Kier molecular flexibility index (Phi) is 2.90. The van der Waals surface area contributed by atoms with Gasteiger partial charge in [0.15, 0.2) is 0 Å². The van der Waals surface area contributed by atoms with Crippen molar-refractivity contribution in [1.82, 2.24) is 0 Å². The second-order valence-corrected chi connectivity index (χ2v) is 3.51. The second kappa shape index (κ2) is 3.58. The summed E-state index contributed by atoms with van der Waals surface area (Å²) in [6, 6.07) is 6.39. The Morgan fingerprint density at radius 2 is 2.00 bits per heavy atom. The first kappa shape index (κ1) is 9.74. The van der Waals surface area contributed by atoms with E-state index in [0.29, 0.717) is 0 Å². The summed E-state index contributed by atoms with van der Waals surface area (Å²) in [6.45, 7) is 0. The Morgan fingerprint density at radius 1 is 1.33 bits per heavy atom. The maximum atomic E-state index is 11.8. The van der Waals surface area contributed by atoms with Gasteiger partial charge in [-0.3, -0.25) is 0 Å². The summed E-state index contributed by atoms with van der Waals surface area (Å²) in [7, 11) is 0. The molecule has 0 saturated carbocycles. The summed E-state index contributed by atoms with van der Waals surface area (Å²) in [4.78, 5) is 0.0509. The van der Waals surface area contributed by atoms with Crippen LogP contribution in [0.1, 0.15) is 0 Å². The Labute approximate surface area is 76.7 Å². The fourth-order valence-electron chi connectivity index (χ4n) is 0.615. The average Bonchev–Trinajstić information content (AvgIpc) is 1.82. The molecular formula is C7H3ClF3S. The van der Waals surface area contributed by atoms with E-state index in [1.165, 1.54) is 18.2 Å². The summed E-state index contributed by atoms with van der Waals surface area (Å²) in [5, 5.41) is 0.254. The largest absolute Gasteiger partial charge is 0.446 e. The molecule has 0 unspecified atom stereocenters. The van der Waals surface area contributed by atoms with Crippen LogP contribution in [-0.2, 0) is 0 Å². The Morgan fingerprint density at radius 3 is 2.50 bits per heavy atom. The van der Waals surface area contributed by atoms with E-state index in [2.05, 4.69) is 6.07 Å². The molecule has 0 N–H and O–H groups in total. The van der Waals surface area contributed by atoms with Gasteiger partial charge in [0.05, 0.1) is 0 Å². The lowest BCUT2D eigenvalue weighted by molar-refractivity contribution is -0.0328. The molecule has 0 aliphatic carbocycles. The van der Waals surface area contributed by atoms with Gasteiger partial charge in [-0.2, -0.15) is 13.2 Å². The summed E-state index contributed by atoms with van der Waals surface area (Å²) in [5.74, 6) is 0. The van der Waals surface area contributed by atoms with Crippen LogP contribution in [0, 0.1) is 6.07 Å². The van der Waals surface area contributed by atoms with Crippen molar-refractivity contribution in [1.29, 1.82) is 0 Å². The predicted octanol–water partition coefficient (Wildman–Crippen LogP) is 3.75. The van der Waals surface area contributed by atoms with Gasteiger partial charge in [0.2, 0.25) is 0 Å². The lowest BCUT2D eigenvalue weighted by Gasteiger charge is -2.04. The molecule has 1 rings (SSSR count). The molecular weight excluding hydrogens is 209 g/mol. The summed E-state index contributed by atoms with van der Waals surface area (Å²) >= 11 is 5.26. The van der Waals surface area contributed by atoms with Crippen molar-refractivity contribution in [2.75, 3.05) is 0 Å². The molecule has 0 amide bonds. The van der Waals surface area contributed by atoms with Crippen molar-refractivity contribution in [3.05, 3.63) is 29.3 Å². The third kappa shape index (κ3) is 3.36. The minimum Gasteiger partial charge on any atom is -0.160 e. The first-order valence-corrected chi connectivity index (χ1v) is 4.09. The molecule has 0 nitrogen and oxygen atoms in total. The molecule has 5 heteroatoms. The van der Waals surface area contributed by atoms with Crippen LogP contribution in [0.15, 0.2) is 23.1 Å². The minimum absolute atomic E-state index is 0.0509. The molecule has 0 bridgehead atoms. The lowest BCUT2D eigenvalue weighted by atomic mass is 10.4. The van der Waals surface area contributed by atoms with Crippen LogP contribution in [0.2, 0.25) is 5.02 Å². The fraction of sp³-hybridized carbons (Fsp3) is 0.143. The number of alkyl halides is 3. The molecule has 0 spiro atoms. The van der Waals surface area contributed by atoms with E-state index < -0.39 is 5.51 Å². The quantitative estimate of drug-likeness (QED) is 0.638. The molecule has 0 fully saturated rings. The molecule has 0 aliphatic heterocycles. The molecule has 0 heterocycles. The highest BCUT2D eigenvalue weighted by molar-refractivity contribution is 8.00. The van der Waals surface area contributed by atoms with E-state index in [0.717, 1.165) is 0 Å². The van der Waals surface area contributed by atoms with Gasteiger partial charge in [0.1, 0.15) is 0 Å². The molecule has 65 valence electrons. The summed E-state index contributed by atoms with van der Waals surface area (Å²) in [6.07, 6.45) is 0. The van der Waals surface area contributed by atoms with Crippen LogP contribution in [0.4, 0.5) is 13.2 Å². The Balaban J connectivity index is 2.77. The van der Waals surface area contributed by atoms with Gasteiger partial charge in [-0.1, -0.05) is 11.6 Å². The van der Waals surface area contributed by atoms with Crippen LogP contribution in [0.25, 0.3) is 0 Å². The van der Waals surface area contributed by atoms with Crippen molar-refractivity contribution >= 4 is 23.4 Å². The molecule has 0 aromatic heterocycles. The van der Waals surface area contributed by atoms with E-state index in [1.54, 1.807) is 0 Å². The van der Waals surface area contributed by atoms with Crippen molar-refractivity contribution in [3.63, 3.8) is 0 Å². The van der Waals surface area contributed by atoms with Crippen molar-refractivity contribution < 1.29 is 13.2 Å². The monoisotopic (exact) mass is 211 g/mol. The van der Waals surface area contributed by atoms with E-state index in [9.17, 15) is 13.2 Å². The third-order valence-electron chi connectivity index (χ3n) is 0.961. The van der Waals surface area contributed by atoms with Gasteiger partial charge in [-0.05, 0) is 36.0 Å². The first-order valence-electron chi connectivity index (χ1n) is 2.90. The van der Waals surface area contributed by atoms with E-state index in [1.807, 2.05) is 0 Å². The molecule has 0 saturated heterocycles. The van der Waals surface area contributed by atoms with E-state index in [-0.39, 0.29) is 21.7 Å². The molecule has 0 atom stereocenters. The predicted molar refractivity (Wildman–Crippen MR) is 42.2 cm³/mol. The maximum Gasteiger partial charge on any atom is 0.446 e. The Hall–Kier alpha value is -0.350. The number of benzene rings is 1. The van der Waals surface area contributed by atoms with Crippen LogP contribution in [-0.4, -0.2) is 5.51 Å². The normalized spacial score (nSPS) is 11.7. The number of rotatable bonds is 1. The van der Waals surface area contributed by atoms with E-state index in [4.69, 9.17) is 11.6 Å². The second-order valence-electron chi connectivity index (χ2n) is 1.93. The van der Waals surface area contributed by atoms with Gasteiger partial charge < -0.3 is 0 Å².